The molecule has 0 spiro atoms. The SMILES string of the molecule is COc1ccc(-n2c(C)cc3c2CC(C)(C)C/C3=N/O)cc1. The van der Waals surface area contributed by atoms with Crippen molar-refractivity contribution in [1.29, 1.82) is 0 Å². The number of oxime groups is 1. The second-order valence-corrected chi connectivity index (χ2v) is 6.74. The van der Waals surface area contributed by atoms with E-state index in [-0.39, 0.29) is 5.41 Å². The van der Waals surface area contributed by atoms with Crippen LogP contribution in [0.1, 0.15) is 37.2 Å². The van der Waals surface area contributed by atoms with Crippen molar-refractivity contribution in [2.24, 2.45) is 10.6 Å². The fraction of sp³-hybridized carbons (Fsp3) is 0.389. The highest BCUT2D eigenvalue weighted by molar-refractivity contribution is 6.03. The van der Waals surface area contributed by atoms with Gasteiger partial charge in [0.1, 0.15) is 5.75 Å². The van der Waals surface area contributed by atoms with Crippen LogP contribution in [-0.2, 0) is 6.42 Å². The fourth-order valence-electron chi connectivity index (χ4n) is 3.36. The van der Waals surface area contributed by atoms with Gasteiger partial charge in [0.15, 0.2) is 0 Å². The lowest BCUT2D eigenvalue weighted by atomic mass is 9.76. The zero-order valence-corrected chi connectivity index (χ0v) is 13.6. The smallest absolute Gasteiger partial charge is 0.119 e. The largest absolute Gasteiger partial charge is 0.497 e. The normalized spacial score (nSPS) is 18.3. The molecular formula is C18H22N2O2. The summed E-state index contributed by atoms with van der Waals surface area (Å²) in [5.41, 5.74) is 5.40. The zero-order valence-electron chi connectivity index (χ0n) is 13.6. The van der Waals surface area contributed by atoms with Crippen molar-refractivity contribution in [3.8, 4) is 11.4 Å². The molecule has 116 valence electrons. The Morgan fingerprint density at radius 3 is 2.45 bits per heavy atom. The molecule has 0 atom stereocenters. The Labute approximate surface area is 131 Å². The highest BCUT2D eigenvalue weighted by Crippen LogP contribution is 2.38. The minimum atomic E-state index is 0.0869. The van der Waals surface area contributed by atoms with E-state index < -0.39 is 0 Å². The molecule has 0 radical (unpaired) electrons. The third kappa shape index (κ3) is 2.39. The average molecular weight is 298 g/mol. The molecule has 1 aliphatic carbocycles. The summed E-state index contributed by atoms with van der Waals surface area (Å²) in [4.78, 5) is 0. The van der Waals surface area contributed by atoms with Crippen molar-refractivity contribution in [3.05, 3.63) is 47.3 Å². The molecule has 3 rings (SSSR count). The van der Waals surface area contributed by atoms with Crippen LogP contribution in [0.15, 0.2) is 35.5 Å². The number of aromatic nitrogens is 1. The summed E-state index contributed by atoms with van der Waals surface area (Å²) in [6.45, 7) is 6.51. The van der Waals surface area contributed by atoms with Crippen LogP contribution >= 0.6 is 0 Å². The number of aryl methyl sites for hydroxylation is 1. The van der Waals surface area contributed by atoms with Gasteiger partial charge in [-0.05, 0) is 55.5 Å². The van der Waals surface area contributed by atoms with Gasteiger partial charge < -0.3 is 14.5 Å². The van der Waals surface area contributed by atoms with Gasteiger partial charge in [-0.3, -0.25) is 0 Å². The van der Waals surface area contributed by atoms with Gasteiger partial charge in [0.25, 0.3) is 0 Å². The topological polar surface area (TPSA) is 46.8 Å². The number of nitrogens with zero attached hydrogens (tertiary/aromatic N) is 2. The molecule has 0 unspecified atom stereocenters. The molecule has 1 aliphatic rings. The summed E-state index contributed by atoms with van der Waals surface area (Å²) in [5.74, 6) is 0.848. The quantitative estimate of drug-likeness (QED) is 0.674. The molecule has 0 aliphatic heterocycles. The molecule has 22 heavy (non-hydrogen) atoms. The van der Waals surface area contributed by atoms with E-state index in [0.717, 1.165) is 41.2 Å². The van der Waals surface area contributed by atoms with Crippen molar-refractivity contribution in [3.63, 3.8) is 0 Å². The molecule has 0 amide bonds. The second kappa shape index (κ2) is 5.20. The molecule has 0 bridgehead atoms. The zero-order chi connectivity index (χ0) is 15.9. The first kappa shape index (κ1) is 14.7. The molecular weight excluding hydrogens is 276 g/mol. The van der Waals surface area contributed by atoms with Crippen molar-refractivity contribution in [1.82, 2.24) is 4.57 Å². The van der Waals surface area contributed by atoms with Gasteiger partial charge in [-0.25, -0.2) is 0 Å². The molecule has 4 nitrogen and oxygen atoms in total. The van der Waals surface area contributed by atoms with Crippen LogP contribution in [0.2, 0.25) is 0 Å². The molecule has 1 N–H and O–H groups in total. The Morgan fingerprint density at radius 1 is 1.18 bits per heavy atom. The Kier molecular flexibility index (Phi) is 3.47. The summed E-state index contributed by atoms with van der Waals surface area (Å²) in [6, 6.07) is 10.2. The van der Waals surface area contributed by atoms with Gasteiger partial charge >= 0.3 is 0 Å². The first-order valence-electron chi connectivity index (χ1n) is 7.52. The number of hydrogen-bond donors (Lipinski definition) is 1. The first-order chi connectivity index (χ1) is 10.4. The number of benzene rings is 1. The number of hydrogen-bond acceptors (Lipinski definition) is 3. The van der Waals surface area contributed by atoms with Crippen molar-refractivity contribution >= 4 is 5.71 Å². The molecule has 4 heteroatoms. The van der Waals surface area contributed by atoms with Crippen molar-refractivity contribution in [2.75, 3.05) is 7.11 Å². The summed E-state index contributed by atoms with van der Waals surface area (Å²) in [6.07, 6.45) is 1.75. The van der Waals surface area contributed by atoms with Gasteiger partial charge in [-0.15, -0.1) is 0 Å². The predicted octanol–water partition coefficient (Wildman–Crippen LogP) is 3.95. The maximum atomic E-state index is 9.37. The molecule has 0 fully saturated rings. The number of fused-ring (bicyclic) bond motifs is 1. The molecule has 0 saturated carbocycles. The third-order valence-electron chi connectivity index (χ3n) is 4.34. The molecule has 0 saturated heterocycles. The van der Waals surface area contributed by atoms with Gasteiger partial charge in [-0.1, -0.05) is 19.0 Å². The van der Waals surface area contributed by atoms with Crippen molar-refractivity contribution in [2.45, 2.75) is 33.6 Å². The van der Waals surface area contributed by atoms with Crippen LogP contribution in [-0.4, -0.2) is 22.6 Å². The minimum Gasteiger partial charge on any atom is -0.497 e. The van der Waals surface area contributed by atoms with Gasteiger partial charge in [0, 0.05) is 22.6 Å². The Hall–Kier alpha value is -2.23. The lowest BCUT2D eigenvalue weighted by Gasteiger charge is -2.31. The summed E-state index contributed by atoms with van der Waals surface area (Å²) >= 11 is 0. The number of methoxy groups -OCH3 is 1. The lowest BCUT2D eigenvalue weighted by molar-refractivity contribution is 0.305. The summed E-state index contributed by atoms with van der Waals surface area (Å²) < 4.78 is 7.49. The van der Waals surface area contributed by atoms with E-state index in [1.165, 1.54) is 5.69 Å². The number of ether oxygens (including phenoxy) is 1. The van der Waals surface area contributed by atoms with Crippen LogP contribution in [0.5, 0.6) is 5.75 Å². The van der Waals surface area contributed by atoms with E-state index in [0.29, 0.717) is 0 Å². The Bertz CT molecular complexity index is 724. The standard InChI is InChI=1S/C18H22N2O2/c1-12-9-15-16(19-21)10-18(2,3)11-17(15)20(12)13-5-7-14(22-4)8-6-13/h5-9,21H,10-11H2,1-4H3/b19-16-. The van der Waals surface area contributed by atoms with E-state index in [9.17, 15) is 5.21 Å². The highest BCUT2D eigenvalue weighted by atomic mass is 16.5. The lowest BCUT2D eigenvalue weighted by Crippen LogP contribution is -2.28. The molecule has 2 aromatic rings. The number of rotatable bonds is 2. The van der Waals surface area contributed by atoms with Gasteiger partial charge in [-0.2, -0.15) is 0 Å². The summed E-state index contributed by atoms with van der Waals surface area (Å²) in [7, 11) is 1.67. The maximum Gasteiger partial charge on any atom is 0.119 e. The van der Waals surface area contributed by atoms with Crippen LogP contribution in [0, 0.1) is 12.3 Å². The Morgan fingerprint density at radius 2 is 1.86 bits per heavy atom. The average Bonchev–Trinajstić information content (AvgIpc) is 2.81. The van der Waals surface area contributed by atoms with Crippen LogP contribution in [0.25, 0.3) is 5.69 Å². The Balaban J connectivity index is 2.15. The van der Waals surface area contributed by atoms with E-state index in [1.54, 1.807) is 7.11 Å². The van der Waals surface area contributed by atoms with Crippen molar-refractivity contribution < 1.29 is 9.94 Å². The second-order valence-electron chi connectivity index (χ2n) is 6.74. The summed E-state index contributed by atoms with van der Waals surface area (Å²) in [5, 5.41) is 12.9. The molecule has 1 aromatic carbocycles. The maximum absolute atomic E-state index is 9.37. The van der Waals surface area contributed by atoms with Crippen LogP contribution < -0.4 is 4.74 Å². The first-order valence-corrected chi connectivity index (χ1v) is 7.52. The third-order valence-corrected chi connectivity index (χ3v) is 4.34. The van der Waals surface area contributed by atoms with E-state index >= 15 is 0 Å². The van der Waals surface area contributed by atoms with E-state index in [2.05, 4.69) is 48.7 Å². The van der Waals surface area contributed by atoms with Gasteiger partial charge in [0.05, 0.1) is 12.8 Å². The van der Waals surface area contributed by atoms with E-state index in [4.69, 9.17) is 4.74 Å². The highest BCUT2D eigenvalue weighted by Gasteiger charge is 2.33. The van der Waals surface area contributed by atoms with Gasteiger partial charge in [0.2, 0.25) is 0 Å². The molecule has 1 aromatic heterocycles. The van der Waals surface area contributed by atoms with Crippen LogP contribution in [0.4, 0.5) is 0 Å². The fourth-order valence-corrected chi connectivity index (χ4v) is 3.36. The van der Waals surface area contributed by atoms with Crippen LogP contribution in [0.3, 0.4) is 0 Å². The minimum absolute atomic E-state index is 0.0869. The molecule has 1 heterocycles. The monoisotopic (exact) mass is 298 g/mol. The van der Waals surface area contributed by atoms with E-state index in [1.807, 2.05) is 12.1 Å². The predicted molar refractivity (Wildman–Crippen MR) is 87.5 cm³/mol.